The normalized spacial score (nSPS) is 12.3. The molecule has 13 nitrogen and oxygen atoms in total. The van der Waals surface area contributed by atoms with E-state index < -0.39 is 0 Å². The summed E-state index contributed by atoms with van der Waals surface area (Å²) in [5.74, 6) is 2.27. The first-order valence-corrected chi connectivity index (χ1v) is 36.7. The Kier molecular flexibility index (Phi) is 72.1. The van der Waals surface area contributed by atoms with E-state index in [9.17, 15) is 62.3 Å². The Morgan fingerprint density at radius 2 is 0.951 bits per heavy atom. The second-order valence-electron chi connectivity index (χ2n) is 27.9. The minimum atomic E-state index is -0.0687. The maximum atomic E-state index is 11.5. The van der Waals surface area contributed by atoms with Crippen LogP contribution in [0.1, 0.15) is 336 Å². The van der Waals surface area contributed by atoms with E-state index in [-0.39, 0.29) is 81.4 Å². The van der Waals surface area contributed by atoms with Gasteiger partial charge in [-0.25, -0.2) is 0 Å². The molecule has 578 valence electrons. The summed E-state index contributed by atoms with van der Waals surface area (Å²) in [4.78, 5) is 136. The first-order valence-electron chi connectivity index (χ1n) is 36.7. The van der Waals surface area contributed by atoms with Crippen molar-refractivity contribution in [1.82, 2.24) is 0 Å². The molecule has 0 fully saturated rings. The van der Waals surface area contributed by atoms with Gasteiger partial charge in [-0.05, 0) is 255 Å². The van der Waals surface area contributed by atoms with Crippen molar-refractivity contribution < 1.29 is 62.3 Å². The molecule has 0 aliphatic heterocycles. The zero-order valence-electron chi connectivity index (χ0n) is 69.6. The molecule has 0 N–H and O–H groups in total. The van der Waals surface area contributed by atoms with E-state index in [0.717, 1.165) is 74.5 Å². The van der Waals surface area contributed by atoms with E-state index in [1.54, 1.807) is 71.9 Å². The van der Waals surface area contributed by atoms with Crippen molar-refractivity contribution in [3.05, 3.63) is 159 Å². The van der Waals surface area contributed by atoms with Crippen LogP contribution >= 0.6 is 0 Å². The van der Waals surface area contributed by atoms with Crippen molar-refractivity contribution >= 4 is 81.3 Å². The van der Waals surface area contributed by atoms with Crippen molar-refractivity contribution in [2.45, 2.75) is 309 Å². The number of hydrogen-bond donors (Lipinski definition) is 0. The summed E-state index contributed by atoms with van der Waals surface area (Å²) in [5.41, 5.74) is 11.3. The van der Waals surface area contributed by atoms with E-state index in [2.05, 4.69) is 99.6 Å². The monoisotopic (exact) mass is 1430 g/mol. The van der Waals surface area contributed by atoms with Crippen LogP contribution in [0.4, 0.5) is 0 Å². The van der Waals surface area contributed by atoms with Crippen LogP contribution in [0.15, 0.2) is 142 Å². The SMILES string of the molecule is CC(=O)/C=C(C)/C=C/C=C(C)/C=C/C1=C(C)CCCC1(C)C.CC(=O)C(C)CCC=C(C)C.CC(=O)CC(C)=O.CC(=O)CC(C)CCC=C(C)C.CC(=O)CCC(C)=O.CC(=O)c1ccccc1C(C)=O.CC(C)=O.CCC(C)=O.CCCC(C)=O.CCCCC/C(=C\c1ccccc1)C(C)=O. The van der Waals surface area contributed by atoms with Gasteiger partial charge in [0, 0.05) is 49.1 Å². The number of ketones is 13. The lowest BCUT2D eigenvalue weighted by Gasteiger charge is -2.32. The first-order chi connectivity index (χ1) is 47.7. The summed E-state index contributed by atoms with van der Waals surface area (Å²) >= 11 is 0. The summed E-state index contributed by atoms with van der Waals surface area (Å²) in [6.45, 7) is 51.0. The number of carbonyl (C=O) groups excluding carboxylic acids is 13. The molecule has 0 saturated carbocycles. The second kappa shape index (κ2) is 68.5. The molecule has 2 unspecified atom stereocenters. The molecule has 0 saturated heterocycles. The number of hydrogen-bond acceptors (Lipinski definition) is 13. The molecule has 2 aromatic carbocycles. The van der Waals surface area contributed by atoms with Gasteiger partial charge in [-0.15, -0.1) is 0 Å². The largest absolute Gasteiger partial charge is 0.300 e. The van der Waals surface area contributed by atoms with Gasteiger partial charge in [-0.3, -0.25) is 33.6 Å². The van der Waals surface area contributed by atoms with Crippen molar-refractivity contribution in [3.63, 3.8) is 0 Å². The summed E-state index contributed by atoms with van der Waals surface area (Å²) < 4.78 is 0. The van der Waals surface area contributed by atoms with Crippen LogP contribution in [0.5, 0.6) is 0 Å². The molecule has 0 aromatic heterocycles. The standard InChI is InChI=1S/C21H30O.C15H20O.C11H20O.C10H10O2.C10H18O.C6H10O2.C5H8O2.C5H10O.C4H8O.C3H6O/c1-16(9-7-10-17(2)15-19(4)22)12-13-20-18(3)11-8-14-21(20,5)6;1-3-4-6-11-15(13(2)16)12-14-9-7-5-8-10-14;1-9(2)6-5-7-10(3)8-11(4)12;1-7(11)9-5-3-4-6-10(9)8(2)12;1-8(2)6-5-7-9(3)10(4)11;1-5(7)3-4-6(2)8;1-4(6)3-5(2)7;1-3-4-5(2)6;1-3-4(2)5;1-3(2)4/h7,9-10,12-13,15H,8,11,14H2,1-6H3;5,7-10,12H,3-4,6,11H2,1-2H3;6,10H,5,7-8H2,1-4H3;3-6H,1-2H3;6,9H,5,7H2,1-4H3;3-4H2,1-2H3;3H2,1-2H3;3-4H2,1-2H3;3H2,1-2H3;1-2H3/b10-7+,13-12+,16-9+,17-15+;15-12+;;;;;;;;. The third-order valence-electron chi connectivity index (χ3n) is 14.7. The van der Waals surface area contributed by atoms with Crippen molar-refractivity contribution in [2.24, 2.45) is 17.3 Å². The third-order valence-corrected chi connectivity index (χ3v) is 14.7. The molecule has 0 spiro atoms. The lowest BCUT2D eigenvalue weighted by atomic mass is 9.72. The van der Waals surface area contributed by atoms with Gasteiger partial charge in [0.15, 0.2) is 23.1 Å². The lowest BCUT2D eigenvalue weighted by Crippen LogP contribution is -2.19. The molecule has 3 rings (SSSR count). The third kappa shape index (κ3) is 82.9. The van der Waals surface area contributed by atoms with Crippen LogP contribution in [0.2, 0.25) is 0 Å². The Morgan fingerprint density at radius 1 is 0.505 bits per heavy atom. The molecule has 103 heavy (non-hydrogen) atoms. The topological polar surface area (TPSA) is 222 Å². The highest BCUT2D eigenvalue weighted by atomic mass is 16.2. The second-order valence-corrected chi connectivity index (χ2v) is 27.9. The highest BCUT2D eigenvalue weighted by Crippen LogP contribution is 2.41. The maximum Gasteiger partial charge on any atom is 0.160 e. The van der Waals surface area contributed by atoms with Crippen molar-refractivity contribution in [1.29, 1.82) is 0 Å². The lowest BCUT2D eigenvalue weighted by molar-refractivity contribution is -0.125. The molecule has 0 bridgehead atoms. The van der Waals surface area contributed by atoms with E-state index >= 15 is 0 Å². The number of benzene rings is 2. The van der Waals surface area contributed by atoms with Gasteiger partial charge in [0.1, 0.15) is 52.0 Å². The van der Waals surface area contributed by atoms with Gasteiger partial charge < -0.3 is 28.8 Å². The molecule has 0 radical (unpaired) electrons. The fourth-order valence-corrected chi connectivity index (χ4v) is 8.89. The average molecular weight is 1430 g/mol. The van der Waals surface area contributed by atoms with E-state index in [4.69, 9.17) is 0 Å². The van der Waals surface area contributed by atoms with Crippen molar-refractivity contribution in [2.75, 3.05) is 0 Å². The fraction of sp³-hybridized carbons (Fsp3) is 0.544. The summed E-state index contributed by atoms with van der Waals surface area (Å²) in [7, 11) is 0. The predicted molar refractivity (Wildman–Crippen MR) is 434 cm³/mol. The van der Waals surface area contributed by atoms with E-state index in [0.29, 0.717) is 47.9 Å². The molecule has 13 heteroatoms. The van der Waals surface area contributed by atoms with Crippen LogP contribution in [0, 0.1) is 17.3 Å². The summed E-state index contributed by atoms with van der Waals surface area (Å²) in [6, 6.07) is 16.9. The molecular weight excluding hydrogens is 1290 g/mol. The Hall–Kier alpha value is -7.93. The van der Waals surface area contributed by atoms with Crippen LogP contribution in [-0.4, -0.2) is 75.2 Å². The Balaban J connectivity index is -0.000000207. The minimum absolute atomic E-state index is 0.0625. The summed E-state index contributed by atoms with van der Waals surface area (Å²) in [5, 5.41) is 0. The molecule has 0 amide bonds. The van der Waals surface area contributed by atoms with Gasteiger partial charge in [0.05, 0.1) is 6.42 Å². The zero-order valence-corrected chi connectivity index (χ0v) is 69.6. The van der Waals surface area contributed by atoms with Gasteiger partial charge in [-0.2, -0.15) is 0 Å². The molecule has 2 atom stereocenters. The number of rotatable bonds is 30. The summed E-state index contributed by atoms with van der Waals surface area (Å²) in [6.07, 6.45) is 35.0. The van der Waals surface area contributed by atoms with Crippen LogP contribution in [0.25, 0.3) is 6.08 Å². The maximum absolute atomic E-state index is 11.5. The predicted octanol–water partition coefficient (Wildman–Crippen LogP) is 23.2. The smallest absolute Gasteiger partial charge is 0.160 e. The molecule has 1 aliphatic carbocycles. The van der Waals surface area contributed by atoms with Gasteiger partial charge in [0.2, 0.25) is 0 Å². The molecule has 2 aromatic rings. The fourth-order valence-electron chi connectivity index (χ4n) is 8.89. The van der Waals surface area contributed by atoms with Gasteiger partial charge in [0.25, 0.3) is 0 Å². The van der Waals surface area contributed by atoms with Crippen LogP contribution in [0.3, 0.4) is 0 Å². The Labute approximate surface area is 626 Å². The van der Waals surface area contributed by atoms with Crippen LogP contribution < -0.4 is 0 Å². The average Bonchev–Trinajstić information content (AvgIpc) is 0.825. The number of carbonyl (C=O) groups is 13. The number of unbranched alkanes of at least 4 members (excludes halogenated alkanes) is 2. The van der Waals surface area contributed by atoms with Crippen LogP contribution in [-0.2, 0) is 52.7 Å². The first kappa shape index (κ1) is 108. The highest BCUT2D eigenvalue weighted by Gasteiger charge is 2.26. The Morgan fingerprint density at radius 3 is 1.28 bits per heavy atom. The molecule has 1 aliphatic rings. The van der Waals surface area contributed by atoms with Crippen molar-refractivity contribution in [3.8, 4) is 0 Å². The van der Waals surface area contributed by atoms with E-state index in [1.807, 2.05) is 76.3 Å². The van der Waals surface area contributed by atoms with Gasteiger partial charge in [-0.1, -0.05) is 181 Å². The Bertz CT molecular complexity index is 3070. The minimum Gasteiger partial charge on any atom is -0.300 e. The highest BCUT2D eigenvalue weighted by molar-refractivity contribution is 6.07. The number of allylic oxidation sites excluding steroid dienone is 15. The quantitative estimate of drug-likeness (QED) is 0.0177. The zero-order chi connectivity index (χ0) is 81.4. The molecule has 0 heterocycles. The van der Waals surface area contributed by atoms with E-state index in [1.165, 1.54) is 115 Å². The molecular formula is C90H140O13. The number of Topliss-reactive ketones (excluding diaryl/α,β-unsaturated/α-hetero) is 12. The van der Waals surface area contributed by atoms with Gasteiger partial charge >= 0.3 is 0 Å².